The van der Waals surface area contributed by atoms with Crippen molar-refractivity contribution >= 4 is 37.9 Å². The van der Waals surface area contributed by atoms with Crippen LogP contribution in [0, 0.1) is 0 Å². The number of ether oxygens (including phenoxy) is 1. The molecule has 2 nitrogen and oxygen atoms in total. The van der Waals surface area contributed by atoms with Gasteiger partial charge in [0.2, 0.25) is 0 Å². The van der Waals surface area contributed by atoms with E-state index in [2.05, 4.69) is 4.74 Å². The quantitative estimate of drug-likeness (QED) is 0.332. The molecule has 2 atom stereocenters. The Kier molecular flexibility index (Phi) is 3.72. The van der Waals surface area contributed by atoms with Crippen molar-refractivity contribution in [3.63, 3.8) is 0 Å². The topological polar surface area (TPSA) is 26.3 Å². The van der Waals surface area contributed by atoms with Crippen LogP contribution in [0.4, 0.5) is 4.79 Å². The van der Waals surface area contributed by atoms with Crippen molar-refractivity contribution in [2.45, 2.75) is 5.30 Å². The van der Waals surface area contributed by atoms with E-state index in [0.717, 1.165) is 0 Å². The largest absolute Gasteiger partial charge is 0.430 e. The van der Waals surface area contributed by atoms with Gasteiger partial charge in [-0.05, 0) is 0 Å². The highest BCUT2D eigenvalue weighted by Crippen LogP contribution is 2.07. The third kappa shape index (κ3) is 6.48. The maximum absolute atomic E-state index is 9.70. The van der Waals surface area contributed by atoms with Crippen molar-refractivity contribution in [3.8, 4) is 0 Å². The highest BCUT2D eigenvalue weighted by molar-refractivity contribution is 7.20. The predicted molar refractivity (Wildman–Crippen MR) is 31.7 cm³/mol. The molecule has 0 N–H and O–H groups in total. The maximum atomic E-state index is 9.70. The van der Waals surface area contributed by atoms with E-state index >= 15 is 0 Å². The minimum Gasteiger partial charge on any atom is -0.430 e. The molecular formula is C2H3Cl2O2P. The second-order valence-electron chi connectivity index (χ2n) is 0.707. The molecule has 0 heterocycles. The third-order valence-electron chi connectivity index (χ3n) is 0.205. The smallest absolute Gasteiger partial charge is 0.405 e. The van der Waals surface area contributed by atoms with E-state index < -0.39 is 10.7 Å². The van der Waals surface area contributed by atoms with Crippen LogP contribution < -0.4 is 0 Å². The second-order valence-corrected chi connectivity index (χ2v) is 2.47. The van der Waals surface area contributed by atoms with E-state index in [1.54, 1.807) is 0 Å². The van der Waals surface area contributed by atoms with Gasteiger partial charge >= 0.3 is 5.43 Å². The molecule has 0 aliphatic heterocycles. The van der Waals surface area contributed by atoms with Gasteiger partial charge in [-0.15, -0.1) is 0 Å². The van der Waals surface area contributed by atoms with Crippen molar-refractivity contribution < 1.29 is 9.53 Å². The Labute approximate surface area is 53.3 Å². The van der Waals surface area contributed by atoms with Gasteiger partial charge in [0.05, 0.1) is 0 Å². The molecule has 5 heteroatoms. The van der Waals surface area contributed by atoms with Crippen LogP contribution in [0.25, 0.3) is 0 Å². The molecule has 0 aromatic heterocycles. The lowest BCUT2D eigenvalue weighted by molar-refractivity contribution is 0.184. The lowest BCUT2D eigenvalue weighted by Crippen LogP contribution is -1.96. The number of rotatable bonds is 1. The monoisotopic (exact) mass is 160 g/mol. The minimum atomic E-state index is -0.894. The Morgan fingerprint density at radius 2 is 2.29 bits per heavy atom. The molecule has 2 unspecified atom stereocenters. The van der Waals surface area contributed by atoms with E-state index in [-0.39, 0.29) is 0 Å². The molecule has 0 amide bonds. The highest BCUT2D eigenvalue weighted by atomic mass is 35.5. The fourth-order valence-corrected chi connectivity index (χ4v) is 0.521. The molecule has 0 fully saturated rings. The van der Waals surface area contributed by atoms with Gasteiger partial charge < -0.3 is 4.74 Å². The Balaban J connectivity index is 3.13. The average Bonchev–Trinajstić information content (AvgIpc) is 1.27. The fourth-order valence-electron chi connectivity index (χ4n) is 0.0885. The summed E-state index contributed by atoms with van der Waals surface area (Å²) in [6.07, 6.45) is 0. The van der Waals surface area contributed by atoms with Gasteiger partial charge in [-0.25, -0.2) is 4.79 Å². The molecule has 0 spiro atoms. The summed E-state index contributed by atoms with van der Waals surface area (Å²) in [4.78, 5) is 9.70. The summed E-state index contributed by atoms with van der Waals surface area (Å²) in [5.41, 5.74) is -0.894. The summed E-state index contributed by atoms with van der Waals surface area (Å²) in [6, 6.07) is 0. The molecule has 0 aliphatic rings. The first-order valence-corrected chi connectivity index (χ1v) is 2.87. The summed E-state index contributed by atoms with van der Waals surface area (Å²) in [5, 5.41) is -0.718. The first-order chi connectivity index (χ1) is 3.13. The number of carbonyl (C=O) groups is 1. The molecule has 7 heavy (non-hydrogen) atoms. The SMILES string of the molecule is O=C(Cl)OC(P)Cl. The summed E-state index contributed by atoms with van der Waals surface area (Å²) >= 11 is 9.82. The molecule has 0 radical (unpaired) electrons. The van der Waals surface area contributed by atoms with Crippen LogP contribution in [0.15, 0.2) is 0 Å². The van der Waals surface area contributed by atoms with Crippen LogP contribution in [0.3, 0.4) is 0 Å². The van der Waals surface area contributed by atoms with Gasteiger partial charge in [-0.1, -0.05) is 20.8 Å². The second kappa shape index (κ2) is 3.48. The number of carbonyl (C=O) groups excluding carboxylic acids is 1. The van der Waals surface area contributed by atoms with Gasteiger partial charge in [0.25, 0.3) is 0 Å². The lowest BCUT2D eigenvalue weighted by atomic mass is 11.4. The summed E-state index contributed by atoms with van der Waals surface area (Å²) in [7, 11) is 2.04. The predicted octanol–water partition coefficient (Wildman–Crippen LogP) is 1.76. The zero-order valence-corrected chi connectivity index (χ0v) is 5.89. The number of hydrogen-bond acceptors (Lipinski definition) is 2. The van der Waals surface area contributed by atoms with Gasteiger partial charge in [-0.3, -0.25) is 0 Å². The normalized spacial score (nSPS) is 13.0. The summed E-state index contributed by atoms with van der Waals surface area (Å²) < 4.78 is 4.10. The number of halogens is 2. The van der Waals surface area contributed by atoms with E-state index in [9.17, 15) is 4.79 Å². The van der Waals surface area contributed by atoms with Crippen molar-refractivity contribution in [3.05, 3.63) is 0 Å². The van der Waals surface area contributed by atoms with Crippen molar-refractivity contribution in [2.24, 2.45) is 0 Å². The Bertz CT molecular complexity index is 74.1. The van der Waals surface area contributed by atoms with Crippen LogP contribution in [-0.4, -0.2) is 10.7 Å². The van der Waals surface area contributed by atoms with Gasteiger partial charge in [0.1, 0.15) is 0 Å². The molecule has 0 bridgehead atoms. The standard InChI is InChI=1S/C2H3Cl2O2P/c3-1(5)6-2(4)7/h2H,7H2. The van der Waals surface area contributed by atoms with E-state index in [1.807, 2.05) is 9.24 Å². The maximum Gasteiger partial charge on any atom is 0.405 e. The van der Waals surface area contributed by atoms with Crippen LogP contribution in [0.2, 0.25) is 0 Å². The Hall–Kier alpha value is 0.480. The molecule has 0 saturated heterocycles. The van der Waals surface area contributed by atoms with Crippen LogP contribution in [-0.2, 0) is 4.74 Å². The molecule has 0 aromatic rings. The minimum absolute atomic E-state index is 0.718. The van der Waals surface area contributed by atoms with Crippen molar-refractivity contribution in [2.75, 3.05) is 0 Å². The third-order valence-corrected chi connectivity index (χ3v) is 0.519. The zero-order valence-electron chi connectivity index (χ0n) is 3.23. The van der Waals surface area contributed by atoms with Crippen molar-refractivity contribution in [1.82, 2.24) is 0 Å². The van der Waals surface area contributed by atoms with Crippen LogP contribution >= 0.6 is 32.4 Å². The zero-order chi connectivity index (χ0) is 5.86. The van der Waals surface area contributed by atoms with Gasteiger partial charge in [-0.2, -0.15) is 0 Å². The first kappa shape index (κ1) is 7.48. The Morgan fingerprint density at radius 1 is 1.86 bits per heavy atom. The van der Waals surface area contributed by atoms with Gasteiger partial charge in [0.15, 0.2) is 5.30 Å². The molecule has 0 rings (SSSR count). The van der Waals surface area contributed by atoms with E-state index in [1.165, 1.54) is 0 Å². The Morgan fingerprint density at radius 3 is 2.29 bits per heavy atom. The number of alkyl halides is 1. The molecule has 42 valence electrons. The average molecular weight is 161 g/mol. The van der Waals surface area contributed by atoms with Crippen molar-refractivity contribution in [1.29, 1.82) is 0 Å². The number of hydrogen-bond donors (Lipinski definition) is 0. The van der Waals surface area contributed by atoms with Crippen LogP contribution in [0.1, 0.15) is 0 Å². The first-order valence-electron chi connectivity index (χ1n) is 1.38. The molecule has 0 aliphatic carbocycles. The van der Waals surface area contributed by atoms with Crippen LogP contribution in [0.5, 0.6) is 0 Å². The fraction of sp³-hybridized carbons (Fsp3) is 0.500. The van der Waals surface area contributed by atoms with Gasteiger partial charge in [0, 0.05) is 11.6 Å². The lowest BCUT2D eigenvalue weighted by Gasteiger charge is -1.97. The molecule has 0 saturated carbocycles. The molecule has 0 aromatic carbocycles. The van der Waals surface area contributed by atoms with E-state index in [4.69, 9.17) is 23.2 Å². The molecular weight excluding hydrogens is 158 g/mol. The van der Waals surface area contributed by atoms with E-state index in [0.29, 0.717) is 0 Å². The summed E-state index contributed by atoms with van der Waals surface area (Å²) in [5.74, 6) is 0. The summed E-state index contributed by atoms with van der Waals surface area (Å²) in [6.45, 7) is 0. The highest BCUT2D eigenvalue weighted by Gasteiger charge is 1.98.